The van der Waals surface area contributed by atoms with Crippen molar-refractivity contribution in [1.29, 1.82) is 0 Å². The average Bonchev–Trinajstić information content (AvgIpc) is 2.78. The van der Waals surface area contributed by atoms with Crippen LogP contribution in [0.1, 0.15) is 27.6 Å². The number of hydrogen-bond donors (Lipinski definition) is 0. The fourth-order valence-corrected chi connectivity index (χ4v) is 3.17. The Hall–Kier alpha value is -0.980. The molecule has 0 bridgehead atoms. The smallest absolute Gasteiger partial charge is 0.0835 e. The molecule has 2 aromatic rings. The SMILES string of the molecule is ClC1Cc2ccc(C(Cl)c3ccccc3)cc2C1. The van der Waals surface area contributed by atoms with Gasteiger partial charge in [0.25, 0.3) is 0 Å². The number of alkyl halides is 2. The Labute approximate surface area is 118 Å². The van der Waals surface area contributed by atoms with E-state index in [4.69, 9.17) is 23.2 Å². The second kappa shape index (κ2) is 4.95. The zero-order valence-electron chi connectivity index (χ0n) is 9.94. The first-order chi connectivity index (χ1) is 8.74. The predicted molar refractivity (Wildman–Crippen MR) is 77.6 cm³/mol. The summed E-state index contributed by atoms with van der Waals surface area (Å²) in [5.41, 5.74) is 5.02. The lowest BCUT2D eigenvalue weighted by atomic mass is 10.0. The monoisotopic (exact) mass is 276 g/mol. The molecule has 0 aliphatic heterocycles. The van der Waals surface area contributed by atoms with Gasteiger partial charge in [0.2, 0.25) is 0 Å². The Balaban J connectivity index is 1.92. The highest BCUT2D eigenvalue weighted by molar-refractivity contribution is 6.22. The van der Waals surface area contributed by atoms with Gasteiger partial charge in [0.1, 0.15) is 0 Å². The Morgan fingerprint density at radius 1 is 0.889 bits per heavy atom. The molecule has 0 spiro atoms. The van der Waals surface area contributed by atoms with Gasteiger partial charge in [0, 0.05) is 5.38 Å². The third-order valence-electron chi connectivity index (χ3n) is 3.50. The van der Waals surface area contributed by atoms with Crippen molar-refractivity contribution in [3.63, 3.8) is 0 Å². The highest BCUT2D eigenvalue weighted by atomic mass is 35.5. The van der Waals surface area contributed by atoms with Crippen LogP contribution >= 0.6 is 23.2 Å². The van der Waals surface area contributed by atoms with Crippen LogP contribution in [0, 0.1) is 0 Å². The van der Waals surface area contributed by atoms with Gasteiger partial charge in [0.05, 0.1) is 5.38 Å². The van der Waals surface area contributed by atoms with Crippen molar-refractivity contribution in [1.82, 2.24) is 0 Å². The molecule has 3 rings (SSSR count). The maximum atomic E-state index is 6.54. The van der Waals surface area contributed by atoms with Crippen LogP contribution in [0.5, 0.6) is 0 Å². The van der Waals surface area contributed by atoms with Gasteiger partial charge in [0.15, 0.2) is 0 Å². The average molecular weight is 277 g/mol. The summed E-state index contributed by atoms with van der Waals surface area (Å²) in [7, 11) is 0. The number of rotatable bonds is 2. The van der Waals surface area contributed by atoms with Crippen molar-refractivity contribution in [3.05, 3.63) is 70.8 Å². The molecule has 0 radical (unpaired) electrons. The summed E-state index contributed by atoms with van der Waals surface area (Å²) in [6.07, 6.45) is 1.94. The highest BCUT2D eigenvalue weighted by Crippen LogP contribution is 2.33. The maximum Gasteiger partial charge on any atom is 0.0835 e. The molecule has 0 saturated heterocycles. The molecule has 2 unspecified atom stereocenters. The fraction of sp³-hybridized carbons (Fsp3) is 0.250. The lowest BCUT2D eigenvalue weighted by Gasteiger charge is -2.11. The summed E-state index contributed by atoms with van der Waals surface area (Å²) >= 11 is 12.7. The minimum absolute atomic E-state index is 0.0779. The summed E-state index contributed by atoms with van der Waals surface area (Å²) < 4.78 is 0. The molecule has 0 heterocycles. The van der Waals surface area contributed by atoms with Crippen molar-refractivity contribution in [2.24, 2.45) is 0 Å². The Morgan fingerprint density at radius 2 is 1.61 bits per heavy atom. The second-order valence-corrected chi connectivity index (χ2v) is 5.86. The minimum Gasteiger partial charge on any atom is -0.122 e. The molecule has 0 nitrogen and oxygen atoms in total. The van der Waals surface area contributed by atoms with E-state index in [2.05, 4.69) is 30.3 Å². The molecule has 2 aromatic carbocycles. The predicted octanol–water partition coefficient (Wildman–Crippen LogP) is 4.72. The van der Waals surface area contributed by atoms with Crippen molar-refractivity contribution >= 4 is 23.2 Å². The van der Waals surface area contributed by atoms with Crippen LogP contribution in [-0.2, 0) is 12.8 Å². The van der Waals surface area contributed by atoms with Crippen molar-refractivity contribution < 1.29 is 0 Å². The molecule has 0 fully saturated rings. The summed E-state index contributed by atoms with van der Waals surface area (Å²) in [5.74, 6) is 0. The van der Waals surface area contributed by atoms with Gasteiger partial charge in [-0.1, -0.05) is 48.5 Å². The van der Waals surface area contributed by atoms with Crippen LogP contribution in [0.3, 0.4) is 0 Å². The number of benzene rings is 2. The van der Waals surface area contributed by atoms with E-state index in [1.807, 2.05) is 18.2 Å². The van der Waals surface area contributed by atoms with Crippen LogP contribution in [0.4, 0.5) is 0 Å². The molecule has 2 heteroatoms. The van der Waals surface area contributed by atoms with Crippen LogP contribution < -0.4 is 0 Å². The first-order valence-corrected chi connectivity index (χ1v) is 7.06. The first kappa shape index (κ1) is 12.1. The van der Waals surface area contributed by atoms with Crippen LogP contribution in [0.2, 0.25) is 0 Å². The zero-order chi connectivity index (χ0) is 12.5. The van der Waals surface area contributed by atoms with Crippen LogP contribution in [-0.4, -0.2) is 5.38 Å². The van der Waals surface area contributed by atoms with Crippen LogP contribution in [0.25, 0.3) is 0 Å². The summed E-state index contributed by atoms with van der Waals surface area (Å²) in [5, 5.41) is 0.173. The molecular weight excluding hydrogens is 263 g/mol. The molecular formula is C16H14Cl2. The molecule has 1 aliphatic rings. The lowest BCUT2D eigenvalue weighted by Crippen LogP contribution is -1.95. The van der Waals surface area contributed by atoms with Crippen molar-refractivity contribution in [2.75, 3.05) is 0 Å². The topological polar surface area (TPSA) is 0 Å². The van der Waals surface area contributed by atoms with E-state index in [-0.39, 0.29) is 10.8 Å². The van der Waals surface area contributed by atoms with E-state index in [1.165, 1.54) is 11.1 Å². The standard InChI is InChI=1S/C16H14Cl2/c17-15-9-12-6-7-13(8-14(12)10-15)16(18)11-4-2-1-3-5-11/h1-8,15-16H,9-10H2. The largest absolute Gasteiger partial charge is 0.122 e. The Bertz CT molecular complexity index is 548. The van der Waals surface area contributed by atoms with E-state index < -0.39 is 0 Å². The number of fused-ring (bicyclic) bond motifs is 1. The lowest BCUT2D eigenvalue weighted by molar-refractivity contribution is 0.922. The van der Waals surface area contributed by atoms with Crippen molar-refractivity contribution in [3.8, 4) is 0 Å². The van der Waals surface area contributed by atoms with Crippen LogP contribution in [0.15, 0.2) is 48.5 Å². The normalized spacial score (nSPS) is 19.6. The van der Waals surface area contributed by atoms with Gasteiger partial charge in [-0.25, -0.2) is 0 Å². The van der Waals surface area contributed by atoms with E-state index in [0.29, 0.717) is 0 Å². The second-order valence-electron chi connectivity index (χ2n) is 4.81. The molecule has 1 aliphatic carbocycles. The molecule has 18 heavy (non-hydrogen) atoms. The number of hydrogen-bond acceptors (Lipinski definition) is 0. The van der Waals surface area contributed by atoms with Gasteiger partial charge in [-0.05, 0) is 35.1 Å². The van der Waals surface area contributed by atoms with Gasteiger partial charge in [-0.15, -0.1) is 23.2 Å². The summed E-state index contributed by atoms with van der Waals surface area (Å²) in [6.45, 7) is 0. The summed E-state index contributed by atoms with van der Waals surface area (Å²) in [4.78, 5) is 0. The minimum atomic E-state index is -0.0779. The molecule has 92 valence electrons. The van der Waals surface area contributed by atoms with Gasteiger partial charge < -0.3 is 0 Å². The highest BCUT2D eigenvalue weighted by Gasteiger charge is 2.21. The Kier molecular flexibility index (Phi) is 3.32. The van der Waals surface area contributed by atoms with E-state index in [0.717, 1.165) is 24.0 Å². The Morgan fingerprint density at radius 3 is 2.39 bits per heavy atom. The van der Waals surface area contributed by atoms with Gasteiger partial charge >= 0.3 is 0 Å². The zero-order valence-corrected chi connectivity index (χ0v) is 11.5. The third-order valence-corrected chi connectivity index (χ3v) is 4.31. The van der Waals surface area contributed by atoms with Gasteiger partial charge in [-0.3, -0.25) is 0 Å². The summed E-state index contributed by atoms with van der Waals surface area (Å²) in [6, 6.07) is 16.7. The number of halogens is 2. The molecule has 0 N–H and O–H groups in total. The molecule has 0 saturated carbocycles. The quantitative estimate of drug-likeness (QED) is 0.697. The van der Waals surface area contributed by atoms with E-state index in [1.54, 1.807) is 0 Å². The van der Waals surface area contributed by atoms with Gasteiger partial charge in [-0.2, -0.15) is 0 Å². The molecule has 2 atom stereocenters. The van der Waals surface area contributed by atoms with E-state index in [9.17, 15) is 0 Å². The van der Waals surface area contributed by atoms with E-state index >= 15 is 0 Å². The molecule has 0 aromatic heterocycles. The third kappa shape index (κ3) is 2.28. The fourth-order valence-electron chi connectivity index (χ4n) is 2.56. The molecule has 0 amide bonds. The first-order valence-electron chi connectivity index (χ1n) is 6.19. The maximum absolute atomic E-state index is 6.54. The van der Waals surface area contributed by atoms with Crippen molar-refractivity contribution in [2.45, 2.75) is 23.6 Å².